The van der Waals surface area contributed by atoms with Crippen LogP contribution in [0.25, 0.3) is 0 Å². The molecule has 1 aliphatic heterocycles. The van der Waals surface area contributed by atoms with Crippen molar-refractivity contribution < 1.29 is 9.53 Å². The normalized spacial score (nSPS) is 22.4. The number of amides is 1. The number of rotatable bonds is 1. The number of alkyl halides is 1. The number of thioether (sulfide) groups is 1. The molecule has 1 rings (SSSR count). The van der Waals surface area contributed by atoms with Crippen molar-refractivity contribution in [1.82, 2.24) is 4.90 Å². The van der Waals surface area contributed by atoms with Gasteiger partial charge in [0.2, 0.25) is 0 Å². The fourth-order valence-corrected chi connectivity index (χ4v) is 1.94. The third kappa shape index (κ3) is 2.13. The lowest BCUT2D eigenvalue weighted by molar-refractivity contribution is 0.126. The van der Waals surface area contributed by atoms with Gasteiger partial charge in [-0.15, -0.1) is 0 Å². The van der Waals surface area contributed by atoms with Crippen molar-refractivity contribution in [2.45, 2.75) is 11.2 Å². The minimum Gasteiger partial charge on any atom is -0.449 e. The smallest absolute Gasteiger partial charge is 0.415 e. The number of hydrogen-bond donors (Lipinski definition) is 0. The Hall–Kier alpha value is -0.160. The monoisotopic (exact) mass is 237 g/mol. The molecule has 0 aliphatic carbocycles. The molecule has 0 saturated heterocycles. The van der Waals surface area contributed by atoms with Gasteiger partial charge in [-0.2, -0.15) is 0 Å². The Morgan fingerprint density at radius 2 is 2.64 bits per heavy atom. The maximum absolute atomic E-state index is 11.1. The van der Waals surface area contributed by atoms with Crippen molar-refractivity contribution in [3.05, 3.63) is 11.6 Å². The third-order valence-electron chi connectivity index (χ3n) is 1.11. The second kappa shape index (κ2) is 4.01. The lowest BCUT2D eigenvalue weighted by Crippen LogP contribution is -2.28. The van der Waals surface area contributed by atoms with E-state index in [1.165, 1.54) is 16.7 Å². The Balaban J connectivity index is 2.46. The van der Waals surface area contributed by atoms with Crippen LogP contribution in [-0.4, -0.2) is 21.9 Å². The molecule has 0 aromatic heterocycles. The van der Waals surface area contributed by atoms with Crippen LogP contribution in [0.3, 0.4) is 0 Å². The number of ether oxygens (including phenoxy) is 1. The maximum atomic E-state index is 11.1. The lowest BCUT2D eigenvalue weighted by atomic mass is 10.8. The maximum Gasteiger partial charge on any atom is 0.415 e. The molecule has 0 N–H and O–H groups in total. The van der Waals surface area contributed by atoms with Gasteiger partial charge in [0.1, 0.15) is 4.28 Å². The van der Waals surface area contributed by atoms with Crippen LogP contribution in [0, 0.1) is 0 Å². The highest BCUT2D eigenvalue weighted by atomic mass is 79.9. The summed E-state index contributed by atoms with van der Waals surface area (Å²) in [6.07, 6.45) is 1.39. The summed E-state index contributed by atoms with van der Waals surface area (Å²) in [5.74, 6) is 0. The van der Waals surface area contributed by atoms with E-state index in [-0.39, 0.29) is 10.4 Å². The fraction of sp³-hybridized carbons (Fsp3) is 0.500. The largest absolute Gasteiger partial charge is 0.449 e. The Kier molecular flexibility index (Phi) is 3.26. The summed E-state index contributed by atoms with van der Waals surface area (Å²) in [7, 11) is 0. The van der Waals surface area contributed by atoms with Crippen LogP contribution >= 0.6 is 27.7 Å². The van der Waals surface area contributed by atoms with Crippen molar-refractivity contribution in [3.63, 3.8) is 0 Å². The topological polar surface area (TPSA) is 29.5 Å². The molecule has 0 fully saturated rings. The van der Waals surface area contributed by atoms with Crippen LogP contribution in [0.5, 0.6) is 0 Å². The summed E-state index contributed by atoms with van der Waals surface area (Å²) in [4.78, 5) is 12.6. The number of carbonyl (C=O) groups excluding carboxylic acids is 1. The second-order valence-corrected chi connectivity index (χ2v) is 4.28. The van der Waals surface area contributed by atoms with Gasteiger partial charge in [-0.05, 0) is 12.3 Å². The first kappa shape index (κ1) is 8.93. The zero-order valence-corrected chi connectivity index (χ0v) is 8.39. The third-order valence-corrected chi connectivity index (χ3v) is 2.93. The van der Waals surface area contributed by atoms with Crippen LogP contribution in [-0.2, 0) is 4.74 Å². The summed E-state index contributed by atoms with van der Waals surface area (Å²) in [5, 5.41) is 1.84. The van der Waals surface area contributed by atoms with Crippen molar-refractivity contribution in [2.24, 2.45) is 0 Å². The van der Waals surface area contributed by atoms with Gasteiger partial charge in [0.05, 0.1) is 6.61 Å². The van der Waals surface area contributed by atoms with Gasteiger partial charge in [-0.1, -0.05) is 27.7 Å². The van der Waals surface area contributed by atoms with E-state index in [4.69, 9.17) is 4.74 Å². The SMILES string of the molecule is CCOC(=O)N1C=CSC1Br. The molecule has 0 bridgehead atoms. The highest BCUT2D eigenvalue weighted by molar-refractivity contribution is 9.11. The van der Waals surface area contributed by atoms with E-state index >= 15 is 0 Å². The predicted molar refractivity (Wildman–Crippen MR) is 48.3 cm³/mol. The Morgan fingerprint density at radius 3 is 3.09 bits per heavy atom. The van der Waals surface area contributed by atoms with Crippen molar-refractivity contribution >= 4 is 33.8 Å². The van der Waals surface area contributed by atoms with E-state index < -0.39 is 0 Å². The summed E-state index contributed by atoms with van der Waals surface area (Å²) in [5.41, 5.74) is 0. The number of hydrogen-bond acceptors (Lipinski definition) is 3. The van der Waals surface area contributed by atoms with E-state index in [0.29, 0.717) is 6.61 Å². The Bertz CT molecular complexity index is 185. The van der Waals surface area contributed by atoms with E-state index in [2.05, 4.69) is 15.9 Å². The van der Waals surface area contributed by atoms with Gasteiger partial charge >= 0.3 is 6.09 Å². The van der Waals surface area contributed by atoms with Crippen molar-refractivity contribution in [1.29, 1.82) is 0 Å². The van der Waals surface area contributed by atoms with Gasteiger partial charge < -0.3 is 4.74 Å². The van der Waals surface area contributed by atoms with Crippen LogP contribution < -0.4 is 0 Å². The Morgan fingerprint density at radius 1 is 1.91 bits per heavy atom. The molecule has 1 aliphatic rings. The highest BCUT2D eigenvalue weighted by Crippen LogP contribution is 2.29. The molecule has 1 amide bonds. The van der Waals surface area contributed by atoms with Crippen LogP contribution in [0.1, 0.15) is 6.92 Å². The zero-order valence-electron chi connectivity index (χ0n) is 5.99. The summed E-state index contributed by atoms with van der Waals surface area (Å²) in [6.45, 7) is 2.20. The van der Waals surface area contributed by atoms with E-state index in [1.54, 1.807) is 13.1 Å². The number of carbonyl (C=O) groups is 1. The van der Waals surface area contributed by atoms with Gasteiger partial charge in [0.15, 0.2) is 0 Å². The number of halogens is 1. The van der Waals surface area contributed by atoms with E-state index in [1.807, 2.05) is 5.41 Å². The zero-order chi connectivity index (χ0) is 8.27. The second-order valence-electron chi connectivity index (χ2n) is 1.82. The minimum absolute atomic E-state index is 0.0125. The van der Waals surface area contributed by atoms with Gasteiger partial charge in [0, 0.05) is 6.20 Å². The molecule has 3 nitrogen and oxygen atoms in total. The van der Waals surface area contributed by atoms with Gasteiger partial charge in [0.25, 0.3) is 0 Å². The van der Waals surface area contributed by atoms with Crippen LogP contribution in [0.15, 0.2) is 11.6 Å². The van der Waals surface area contributed by atoms with E-state index in [9.17, 15) is 4.79 Å². The average molecular weight is 238 g/mol. The van der Waals surface area contributed by atoms with Crippen LogP contribution in [0.2, 0.25) is 0 Å². The molecule has 1 heterocycles. The summed E-state index contributed by atoms with van der Waals surface area (Å²) in [6, 6.07) is 0. The first-order chi connectivity index (χ1) is 5.25. The van der Waals surface area contributed by atoms with Crippen LogP contribution in [0.4, 0.5) is 4.79 Å². The molecule has 0 aromatic rings. The molecule has 0 saturated carbocycles. The fourth-order valence-electron chi connectivity index (χ4n) is 0.641. The molecule has 11 heavy (non-hydrogen) atoms. The molecule has 62 valence electrons. The quantitative estimate of drug-likeness (QED) is 0.518. The number of nitrogens with zero attached hydrogens (tertiary/aromatic N) is 1. The minimum atomic E-state index is -0.310. The average Bonchev–Trinajstić information content (AvgIpc) is 2.36. The first-order valence-corrected chi connectivity index (χ1v) is 5.03. The molecular formula is C6H8BrNO2S. The molecule has 5 heteroatoms. The van der Waals surface area contributed by atoms with E-state index in [0.717, 1.165) is 0 Å². The summed E-state index contributed by atoms with van der Waals surface area (Å²) >= 11 is 4.82. The molecule has 0 radical (unpaired) electrons. The first-order valence-electron chi connectivity index (χ1n) is 3.17. The molecule has 1 atom stereocenters. The lowest BCUT2D eigenvalue weighted by Gasteiger charge is -2.16. The molecule has 0 aromatic carbocycles. The Labute approximate surface area is 77.9 Å². The van der Waals surface area contributed by atoms with Crippen molar-refractivity contribution in [2.75, 3.05) is 6.61 Å². The predicted octanol–water partition coefficient (Wildman–Crippen LogP) is 2.34. The standard InChI is InChI=1S/C6H8BrNO2S/c1-2-10-6(9)8-3-4-11-5(8)7/h3-5H,2H2,1H3. The van der Waals surface area contributed by atoms with Crippen molar-refractivity contribution in [3.8, 4) is 0 Å². The summed E-state index contributed by atoms with van der Waals surface area (Å²) < 4.78 is 4.78. The highest BCUT2D eigenvalue weighted by Gasteiger charge is 2.23. The molecular weight excluding hydrogens is 230 g/mol. The van der Waals surface area contributed by atoms with Gasteiger partial charge in [-0.3, -0.25) is 4.90 Å². The van der Waals surface area contributed by atoms with Gasteiger partial charge in [-0.25, -0.2) is 4.79 Å². The molecule has 0 spiro atoms. The molecule has 1 unspecified atom stereocenters.